The molecule has 1 aromatic rings. The maximum atomic E-state index is 11.3. The molecule has 3 nitrogen and oxygen atoms in total. The van der Waals surface area contributed by atoms with Crippen LogP contribution in [0, 0.1) is 0 Å². The molecule has 1 amide bonds. The van der Waals surface area contributed by atoms with Gasteiger partial charge in [0.1, 0.15) is 5.78 Å². The fraction of sp³-hybridized carbons (Fsp3) is 0.333. The largest absolute Gasteiger partial charge is 0.355 e. The lowest BCUT2D eigenvalue weighted by Gasteiger charge is -2.03. The monoisotopic (exact) mass is 205 g/mol. The molecule has 1 rings (SSSR count). The van der Waals surface area contributed by atoms with Gasteiger partial charge in [0.25, 0.3) is 5.91 Å². The summed E-state index contributed by atoms with van der Waals surface area (Å²) in [5, 5.41) is 2.57. The van der Waals surface area contributed by atoms with E-state index < -0.39 is 0 Å². The van der Waals surface area contributed by atoms with E-state index in [9.17, 15) is 9.59 Å². The van der Waals surface area contributed by atoms with Crippen molar-refractivity contribution in [3.63, 3.8) is 0 Å². The van der Waals surface area contributed by atoms with Crippen LogP contribution in [0.25, 0.3) is 0 Å². The normalized spacial score (nSPS) is 9.73. The Morgan fingerprint density at radius 2 is 2.07 bits per heavy atom. The van der Waals surface area contributed by atoms with Crippen molar-refractivity contribution < 1.29 is 9.59 Å². The van der Waals surface area contributed by atoms with Gasteiger partial charge in [-0.3, -0.25) is 4.79 Å². The van der Waals surface area contributed by atoms with E-state index in [1.54, 1.807) is 20.0 Å². The van der Waals surface area contributed by atoms with E-state index >= 15 is 0 Å². The fourth-order valence-electron chi connectivity index (χ4n) is 1.33. The van der Waals surface area contributed by atoms with Crippen molar-refractivity contribution in [2.45, 2.75) is 19.8 Å². The molecule has 80 valence electrons. The lowest BCUT2D eigenvalue weighted by molar-refractivity contribution is -0.116. The number of carbonyl (C=O) groups is 2. The highest BCUT2D eigenvalue weighted by Gasteiger charge is 2.03. The minimum atomic E-state index is -0.0975. The van der Waals surface area contributed by atoms with E-state index in [1.165, 1.54) is 0 Å². The van der Waals surface area contributed by atoms with Gasteiger partial charge < -0.3 is 10.1 Å². The number of rotatable bonds is 4. The van der Waals surface area contributed by atoms with Gasteiger partial charge in [-0.05, 0) is 31.0 Å². The van der Waals surface area contributed by atoms with Gasteiger partial charge in [0.05, 0.1) is 0 Å². The molecular weight excluding hydrogens is 190 g/mol. The molecular formula is C12H15NO2. The first-order valence-electron chi connectivity index (χ1n) is 4.94. The first-order valence-corrected chi connectivity index (χ1v) is 4.94. The second-order valence-electron chi connectivity index (χ2n) is 3.48. The molecule has 0 aromatic heterocycles. The smallest absolute Gasteiger partial charge is 0.251 e. The number of aryl methyl sites for hydroxylation is 1. The van der Waals surface area contributed by atoms with Crippen LogP contribution in [0.3, 0.4) is 0 Å². The molecule has 0 unspecified atom stereocenters. The summed E-state index contributed by atoms with van der Waals surface area (Å²) >= 11 is 0. The van der Waals surface area contributed by atoms with Crippen LogP contribution in [0.15, 0.2) is 24.3 Å². The number of benzene rings is 1. The molecule has 0 bridgehead atoms. The zero-order valence-corrected chi connectivity index (χ0v) is 9.04. The Balaban J connectivity index is 2.74. The molecule has 3 heteroatoms. The van der Waals surface area contributed by atoms with E-state index in [-0.39, 0.29) is 11.7 Å². The molecule has 0 atom stereocenters. The standard InChI is InChI=1S/C12H15NO2/c1-9(14)6-7-10-4-3-5-11(8-10)12(15)13-2/h3-5,8H,6-7H2,1-2H3,(H,13,15). The van der Waals surface area contributed by atoms with E-state index in [0.717, 1.165) is 5.56 Å². The molecule has 0 radical (unpaired) electrons. The predicted octanol–water partition coefficient (Wildman–Crippen LogP) is 1.57. The SMILES string of the molecule is CNC(=O)c1cccc(CCC(C)=O)c1. The third-order valence-corrected chi connectivity index (χ3v) is 2.18. The molecule has 0 saturated heterocycles. The molecule has 0 heterocycles. The van der Waals surface area contributed by atoms with Crippen molar-refractivity contribution in [2.75, 3.05) is 7.05 Å². The van der Waals surface area contributed by atoms with Gasteiger partial charge in [0.15, 0.2) is 0 Å². The van der Waals surface area contributed by atoms with Gasteiger partial charge in [-0.25, -0.2) is 0 Å². The molecule has 1 N–H and O–H groups in total. The number of Topliss-reactive ketones (excluding diaryl/α,β-unsaturated/α-hetero) is 1. The number of nitrogens with one attached hydrogen (secondary N) is 1. The van der Waals surface area contributed by atoms with Gasteiger partial charge in [-0.15, -0.1) is 0 Å². The van der Waals surface area contributed by atoms with Crippen molar-refractivity contribution >= 4 is 11.7 Å². The highest BCUT2D eigenvalue weighted by molar-refractivity contribution is 5.94. The van der Waals surface area contributed by atoms with Gasteiger partial charge in [0, 0.05) is 19.0 Å². The Morgan fingerprint density at radius 3 is 2.67 bits per heavy atom. The third kappa shape index (κ3) is 3.54. The summed E-state index contributed by atoms with van der Waals surface area (Å²) in [4.78, 5) is 22.1. The van der Waals surface area contributed by atoms with Gasteiger partial charge in [0.2, 0.25) is 0 Å². The van der Waals surface area contributed by atoms with Crippen molar-refractivity contribution in [1.82, 2.24) is 5.32 Å². The first kappa shape index (κ1) is 11.4. The Bertz CT molecular complexity index is 372. The van der Waals surface area contributed by atoms with Crippen LogP contribution in [0.5, 0.6) is 0 Å². The topological polar surface area (TPSA) is 46.2 Å². The average Bonchev–Trinajstić information content (AvgIpc) is 2.25. The summed E-state index contributed by atoms with van der Waals surface area (Å²) in [6.07, 6.45) is 1.22. The zero-order chi connectivity index (χ0) is 11.3. The van der Waals surface area contributed by atoms with Crippen molar-refractivity contribution in [1.29, 1.82) is 0 Å². The van der Waals surface area contributed by atoms with Gasteiger partial charge in [-0.2, -0.15) is 0 Å². The minimum Gasteiger partial charge on any atom is -0.355 e. The van der Waals surface area contributed by atoms with Crippen molar-refractivity contribution in [3.05, 3.63) is 35.4 Å². The van der Waals surface area contributed by atoms with Crippen LogP contribution in [-0.4, -0.2) is 18.7 Å². The average molecular weight is 205 g/mol. The zero-order valence-electron chi connectivity index (χ0n) is 9.04. The third-order valence-electron chi connectivity index (χ3n) is 2.18. The molecule has 1 aromatic carbocycles. The lowest BCUT2D eigenvalue weighted by atomic mass is 10.0. The Morgan fingerprint density at radius 1 is 1.33 bits per heavy atom. The molecule has 0 aliphatic rings. The Labute approximate surface area is 89.5 Å². The van der Waals surface area contributed by atoms with Gasteiger partial charge >= 0.3 is 0 Å². The van der Waals surface area contributed by atoms with Gasteiger partial charge in [-0.1, -0.05) is 12.1 Å². The summed E-state index contributed by atoms with van der Waals surface area (Å²) < 4.78 is 0. The molecule has 0 aliphatic heterocycles. The number of ketones is 1. The minimum absolute atomic E-state index is 0.0975. The van der Waals surface area contributed by atoms with E-state index in [2.05, 4.69) is 5.32 Å². The van der Waals surface area contributed by atoms with Crippen molar-refractivity contribution in [3.8, 4) is 0 Å². The number of carbonyl (C=O) groups excluding carboxylic acids is 2. The summed E-state index contributed by atoms with van der Waals surface area (Å²) in [5.74, 6) is 0.0695. The highest BCUT2D eigenvalue weighted by Crippen LogP contribution is 2.07. The molecule has 0 aliphatic carbocycles. The highest BCUT2D eigenvalue weighted by atomic mass is 16.1. The van der Waals surface area contributed by atoms with Crippen LogP contribution in [0.1, 0.15) is 29.3 Å². The number of amides is 1. The quantitative estimate of drug-likeness (QED) is 0.811. The van der Waals surface area contributed by atoms with E-state index in [4.69, 9.17) is 0 Å². The predicted molar refractivity (Wildman–Crippen MR) is 58.8 cm³/mol. The molecule has 15 heavy (non-hydrogen) atoms. The number of hydrogen-bond donors (Lipinski definition) is 1. The molecule has 0 saturated carbocycles. The van der Waals surface area contributed by atoms with Crippen LogP contribution in [0.4, 0.5) is 0 Å². The summed E-state index contributed by atoms with van der Waals surface area (Å²) in [6, 6.07) is 7.34. The van der Waals surface area contributed by atoms with Crippen LogP contribution >= 0.6 is 0 Å². The summed E-state index contributed by atoms with van der Waals surface area (Å²) in [5.41, 5.74) is 1.66. The molecule has 0 spiro atoms. The Hall–Kier alpha value is -1.64. The molecule has 0 fully saturated rings. The van der Waals surface area contributed by atoms with Crippen molar-refractivity contribution in [2.24, 2.45) is 0 Å². The van der Waals surface area contributed by atoms with Crippen LogP contribution in [-0.2, 0) is 11.2 Å². The fourth-order valence-corrected chi connectivity index (χ4v) is 1.33. The van der Waals surface area contributed by atoms with E-state index in [1.807, 2.05) is 18.2 Å². The summed E-state index contributed by atoms with van der Waals surface area (Å²) in [6.45, 7) is 1.57. The summed E-state index contributed by atoms with van der Waals surface area (Å²) in [7, 11) is 1.60. The first-order chi connectivity index (χ1) is 7.13. The Kier molecular flexibility index (Phi) is 4.03. The van der Waals surface area contributed by atoms with Crippen LogP contribution in [0.2, 0.25) is 0 Å². The maximum absolute atomic E-state index is 11.3. The number of hydrogen-bond acceptors (Lipinski definition) is 2. The second kappa shape index (κ2) is 5.29. The van der Waals surface area contributed by atoms with Crippen LogP contribution < -0.4 is 5.32 Å². The lowest BCUT2D eigenvalue weighted by Crippen LogP contribution is -2.17. The maximum Gasteiger partial charge on any atom is 0.251 e. The van der Waals surface area contributed by atoms with E-state index in [0.29, 0.717) is 18.4 Å². The second-order valence-corrected chi connectivity index (χ2v) is 3.48.